The Morgan fingerprint density at radius 2 is 1.89 bits per heavy atom. The molecule has 0 aromatic rings. The molecule has 2 atom stereocenters. The summed E-state index contributed by atoms with van der Waals surface area (Å²) in [5, 5.41) is 2.65. The number of carbonyl (C=O) groups is 2. The molecule has 110 valence electrons. The number of nitrogens with zero attached hydrogens (tertiary/aromatic N) is 1. The van der Waals surface area contributed by atoms with E-state index in [2.05, 4.69) is 5.32 Å². The largest absolute Gasteiger partial charge is 0.342 e. The lowest BCUT2D eigenvalue weighted by atomic mass is 9.83. The lowest BCUT2D eigenvalue weighted by Gasteiger charge is -2.44. The summed E-state index contributed by atoms with van der Waals surface area (Å²) in [6, 6.07) is -1.52. The molecule has 0 saturated carbocycles. The van der Waals surface area contributed by atoms with Gasteiger partial charge in [0.05, 0.1) is 6.54 Å². The van der Waals surface area contributed by atoms with Crippen LogP contribution in [0.4, 0.5) is 8.78 Å². The molecular weight excluding hydrogens is 254 g/mol. The quantitative estimate of drug-likeness (QED) is 0.851. The highest BCUT2D eigenvalue weighted by Crippen LogP contribution is 2.29. The molecular formula is C13H22F2N2O2. The van der Waals surface area contributed by atoms with E-state index >= 15 is 0 Å². The number of nitrogens with one attached hydrogen (secondary N) is 1. The summed E-state index contributed by atoms with van der Waals surface area (Å²) in [7, 11) is 0. The van der Waals surface area contributed by atoms with Crippen LogP contribution in [0.3, 0.4) is 0 Å². The van der Waals surface area contributed by atoms with E-state index in [1.165, 1.54) is 0 Å². The second kappa shape index (κ2) is 5.84. The molecule has 4 nitrogen and oxygen atoms in total. The van der Waals surface area contributed by atoms with Gasteiger partial charge in [0.1, 0.15) is 12.1 Å². The van der Waals surface area contributed by atoms with Crippen molar-refractivity contribution in [1.29, 1.82) is 0 Å². The lowest BCUT2D eigenvalue weighted by molar-refractivity contribution is -0.156. The zero-order chi connectivity index (χ0) is 14.8. The van der Waals surface area contributed by atoms with Crippen molar-refractivity contribution in [1.82, 2.24) is 10.2 Å². The van der Waals surface area contributed by atoms with Gasteiger partial charge in [0.2, 0.25) is 11.8 Å². The van der Waals surface area contributed by atoms with Gasteiger partial charge in [-0.1, -0.05) is 34.1 Å². The highest BCUT2D eigenvalue weighted by atomic mass is 19.3. The number of hydrogen-bond donors (Lipinski definition) is 1. The third-order valence-corrected chi connectivity index (χ3v) is 3.19. The Labute approximate surface area is 112 Å². The van der Waals surface area contributed by atoms with Crippen LogP contribution in [-0.2, 0) is 9.59 Å². The van der Waals surface area contributed by atoms with E-state index in [-0.39, 0.29) is 5.91 Å². The van der Waals surface area contributed by atoms with E-state index in [0.717, 1.165) is 4.90 Å². The van der Waals surface area contributed by atoms with Gasteiger partial charge in [-0.15, -0.1) is 0 Å². The molecule has 0 aromatic heterocycles. The highest BCUT2D eigenvalue weighted by molar-refractivity contribution is 5.97. The summed E-state index contributed by atoms with van der Waals surface area (Å²) in [5.41, 5.74) is -0.578. The Balaban J connectivity index is 3.03. The van der Waals surface area contributed by atoms with Crippen LogP contribution in [0.2, 0.25) is 0 Å². The summed E-state index contributed by atoms with van der Waals surface area (Å²) >= 11 is 0. The second-order valence-corrected chi connectivity index (χ2v) is 6.00. The van der Waals surface area contributed by atoms with Crippen LogP contribution >= 0.6 is 0 Å². The molecule has 0 aromatic carbocycles. The van der Waals surface area contributed by atoms with Crippen molar-refractivity contribution in [2.45, 2.75) is 59.0 Å². The van der Waals surface area contributed by atoms with Gasteiger partial charge in [-0.05, 0) is 11.8 Å². The number of alkyl halides is 2. The molecule has 1 rings (SSSR count). The third-order valence-electron chi connectivity index (χ3n) is 3.19. The molecule has 19 heavy (non-hydrogen) atoms. The number of amides is 2. The summed E-state index contributed by atoms with van der Waals surface area (Å²) in [5.74, 6) is -0.743. The summed E-state index contributed by atoms with van der Waals surface area (Å²) < 4.78 is 25.3. The zero-order valence-corrected chi connectivity index (χ0v) is 11.9. The number of halogens is 2. The standard InChI is InChI=1S/C13H22F2N2O2/c1-5-6-8-12(19)17(7-9(14)15)10(11(18)16-8)13(2,3)4/h8-10H,5-7H2,1-4H3,(H,16,18). The number of carbonyl (C=O) groups excluding carboxylic acids is 2. The molecule has 0 spiro atoms. The number of hydrogen-bond acceptors (Lipinski definition) is 2. The maximum atomic E-state index is 12.7. The minimum absolute atomic E-state index is 0.341. The number of piperazine rings is 1. The maximum absolute atomic E-state index is 12.7. The summed E-state index contributed by atoms with van der Waals surface area (Å²) in [4.78, 5) is 25.4. The zero-order valence-electron chi connectivity index (χ0n) is 11.9. The van der Waals surface area contributed by atoms with E-state index in [0.29, 0.717) is 12.8 Å². The second-order valence-electron chi connectivity index (χ2n) is 6.00. The first kappa shape index (κ1) is 15.9. The normalized spacial score (nSPS) is 24.9. The van der Waals surface area contributed by atoms with Crippen LogP contribution in [-0.4, -0.2) is 41.8 Å². The Morgan fingerprint density at radius 3 is 2.32 bits per heavy atom. The first-order chi connectivity index (χ1) is 8.68. The van der Waals surface area contributed by atoms with Gasteiger partial charge < -0.3 is 10.2 Å². The van der Waals surface area contributed by atoms with Gasteiger partial charge in [-0.3, -0.25) is 9.59 Å². The molecule has 2 amide bonds. The van der Waals surface area contributed by atoms with Crippen LogP contribution < -0.4 is 5.32 Å². The Bertz CT molecular complexity index is 353. The van der Waals surface area contributed by atoms with Gasteiger partial charge in [0.15, 0.2) is 0 Å². The van der Waals surface area contributed by atoms with Gasteiger partial charge in [-0.25, -0.2) is 8.78 Å². The van der Waals surface area contributed by atoms with E-state index in [4.69, 9.17) is 0 Å². The monoisotopic (exact) mass is 276 g/mol. The topological polar surface area (TPSA) is 49.4 Å². The van der Waals surface area contributed by atoms with Gasteiger partial charge in [0, 0.05) is 0 Å². The smallest absolute Gasteiger partial charge is 0.255 e. The van der Waals surface area contributed by atoms with Crippen LogP contribution in [0, 0.1) is 5.41 Å². The molecule has 0 radical (unpaired) electrons. The highest BCUT2D eigenvalue weighted by Gasteiger charge is 2.46. The van der Waals surface area contributed by atoms with E-state index < -0.39 is 36.4 Å². The van der Waals surface area contributed by atoms with Gasteiger partial charge in [0.25, 0.3) is 6.43 Å². The predicted molar refractivity (Wildman–Crippen MR) is 67.8 cm³/mol. The molecule has 1 saturated heterocycles. The summed E-state index contributed by atoms with van der Waals surface area (Å²) in [6.07, 6.45) is -1.46. The van der Waals surface area contributed by atoms with Crippen LogP contribution in [0.15, 0.2) is 0 Å². The van der Waals surface area contributed by atoms with Crippen LogP contribution in [0.5, 0.6) is 0 Å². The Morgan fingerprint density at radius 1 is 1.32 bits per heavy atom. The minimum atomic E-state index is -2.64. The van der Waals surface area contributed by atoms with Crippen molar-refractivity contribution in [2.75, 3.05) is 6.54 Å². The molecule has 1 N–H and O–H groups in total. The van der Waals surface area contributed by atoms with Gasteiger partial charge >= 0.3 is 0 Å². The van der Waals surface area contributed by atoms with Crippen molar-refractivity contribution in [2.24, 2.45) is 5.41 Å². The molecule has 0 aliphatic carbocycles. The Kier molecular flexibility index (Phi) is 4.87. The molecule has 1 heterocycles. The fourth-order valence-electron chi connectivity index (χ4n) is 2.47. The maximum Gasteiger partial charge on any atom is 0.255 e. The van der Waals surface area contributed by atoms with Crippen molar-refractivity contribution in [3.8, 4) is 0 Å². The first-order valence-electron chi connectivity index (χ1n) is 6.57. The first-order valence-corrected chi connectivity index (χ1v) is 6.57. The number of rotatable bonds is 4. The molecule has 6 heteroatoms. The molecule has 1 aliphatic heterocycles. The Hall–Kier alpha value is -1.20. The van der Waals surface area contributed by atoms with E-state index in [1.54, 1.807) is 20.8 Å². The van der Waals surface area contributed by atoms with Crippen LogP contribution in [0.25, 0.3) is 0 Å². The van der Waals surface area contributed by atoms with Crippen molar-refractivity contribution in [3.05, 3.63) is 0 Å². The van der Waals surface area contributed by atoms with Gasteiger partial charge in [-0.2, -0.15) is 0 Å². The fourth-order valence-corrected chi connectivity index (χ4v) is 2.47. The minimum Gasteiger partial charge on any atom is -0.342 e. The van der Waals surface area contributed by atoms with Crippen molar-refractivity contribution in [3.63, 3.8) is 0 Å². The molecule has 1 aliphatic rings. The molecule has 0 bridgehead atoms. The molecule has 1 fully saturated rings. The lowest BCUT2D eigenvalue weighted by Crippen LogP contribution is -2.67. The summed E-state index contributed by atoms with van der Waals surface area (Å²) in [6.45, 7) is 6.50. The average Bonchev–Trinajstić information content (AvgIpc) is 2.22. The third kappa shape index (κ3) is 3.64. The average molecular weight is 276 g/mol. The van der Waals surface area contributed by atoms with E-state index in [9.17, 15) is 18.4 Å². The van der Waals surface area contributed by atoms with Crippen molar-refractivity contribution < 1.29 is 18.4 Å². The SMILES string of the molecule is CCCC1NC(=O)C(C(C)(C)C)N(CC(F)F)C1=O. The van der Waals surface area contributed by atoms with E-state index in [1.807, 2.05) is 6.92 Å². The molecule has 2 unspecified atom stereocenters. The van der Waals surface area contributed by atoms with Crippen LogP contribution in [0.1, 0.15) is 40.5 Å². The fraction of sp³-hybridized carbons (Fsp3) is 0.846. The predicted octanol–water partition coefficient (Wildman–Crippen LogP) is 1.79. The van der Waals surface area contributed by atoms with Crippen molar-refractivity contribution >= 4 is 11.8 Å².